The van der Waals surface area contributed by atoms with E-state index in [9.17, 15) is 14.4 Å². The highest BCUT2D eigenvalue weighted by molar-refractivity contribution is 5.89. The number of carbonyl (C=O) groups is 3. The molecule has 0 bridgehead atoms. The number of likely N-dealkylation sites (tertiary alicyclic amines) is 1. The number of rotatable bonds is 7. The van der Waals surface area contributed by atoms with Gasteiger partial charge in [-0.1, -0.05) is 30.3 Å². The van der Waals surface area contributed by atoms with Crippen LogP contribution in [0.25, 0.3) is 0 Å². The molecule has 3 rings (SSSR count). The van der Waals surface area contributed by atoms with Gasteiger partial charge in [0, 0.05) is 6.54 Å². The summed E-state index contributed by atoms with van der Waals surface area (Å²) in [7, 11) is 1.29. The van der Waals surface area contributed by atoms with E-state index in [0.29, 0.717) is 25.0 Å². The first-order valence-corrected chi connectivity index (χ1v) is 11.5. The van der Waals surface area contributed by atoms with Crippen molar-refractivity contribution in [3.8, 4) is 5.75 Å². The number of methoxy groups -OCH3 is 1. The Bertz CT molecular complexity index is 1000. The van der Waals surface area contributed by atoms with Crippen LogP contribution < -0.4 is 10.2 Å². The first-order chi connectivity index (χ1) is 16.7. The van der Waals surface area contributed by atoms with Gasteiger partial charge in [0.2, 0.25) is 0 Å². The van der Waals surface area contributed by atoms with E-state index in [1.807, 2.05) is 30.3 Å². The lowest BCUT2D eigenvalue weighted by atomic mass is 9.99. The lowest BCUT2D eigenvalue weighted by molar-refractivity contribution is -0.142. The zero-order valence-corrected chi connectivity index (χ0v) is 20.5. The van der Waals surface area contributed by atoms with E-state index < -0.39 is 29.7 Å². The summed E-state index contributed by atoms with van der Waals surface area (Å²) in [4.78, 5) is 44.6. The van der Waals surface area contributed by atoms with Crippen molar-refractivity contribution in [2.75, 3.05) is 13.7 Å². The Labute approximate surface area is 205 Å². The molecule has 35 heavy (non-hydrogen) atoms. The van der Waals surface area contributed by atoms with E-state index >= 15 is 0 Å². The summed E-state index contributed by atoms with van der Waals surface area (Å²) in [5, 5.41) is 0. The molecule has 0 radical (unpaired) electrons. The largest absolute Gasteiger partial charge is 0.465 e. The molecular weight excluding hydrogens is 452 g/mol. The number of ether oxygens (including phenoxy) is 3. The molecule has 2 atom stereocenters. The molecule has 1 aliphatic rings. The third kappa shape index (κ3) is 7.80. The second kappa shape index (κ2) is 11.8. The molecule has 2 aromatic rings. The Morgan fingerprint density at radius 3 is 2.31 bits per heavy atom. The van der Waals surface area contributed by atoms with E-state index in [1.165, 1.54) is 36.3 Å². The summed E-state index contributed by atoms with van der Waals surface area (Å²) in [6, 6.07) is 14.7. The second-order valence-corrected chi connectivity index (χ2v) is 9.25. The maximum atomic E-state index is 13.0. The van der Waals surface area contributed by atoms with Crippen LogP contribution in [0.15, 0.2) is 54.6 Å². The van der Waals surface area contributed by atoms with Crippen molar-refractivity contribution >= 4 is 18.0 Å². The summed E-state index contributed by atoms with van der Waals surface area (Å²) >= 11 is 0. The molecule has 0 aliphatic carbocycles. The molecule has 0 unspecified atom stereocenters. The molecule has 0 aromatic heterocycles. The number of benzene rings is 2. The average molecular weight is 485 g/mol. The number of hydrogen-bond donors (Lipinski definition) is 1. The summed E-state index contributed by atoms with van der Waals surface area (Å²) < 4.78 is 15.7. The van der Waals surface area contributed by atoms with Gasteiger partial charge in [0.1, 0.15) is 17.4 Å². The molecule has 0 spiro atoms. The van der Waals surface area contributed by atoms with Crippen molar-refractivity contribution in [3.63, 3.8) is 0 Å². The van der Waals surface area contributed by atoms with Crippen molar-refractivity contribution < 1.29 is 33.4 Å². The van der Waals surface area contributed by atoms with Crippen LogP contribution in [0.3, 0.4) is 0 Å². The standard InChI is InChI=1S/C26H32N2O7/c1-26(2,3)35-25(31)28-16-20(27-33-17-18-8-6-5-7-9-18)12-15-22(28)24(30)34-21-13-10-19(11-14-21)23(29)32-4/h5-11,13-14,20,22,27H,12,15-17H2,1-4H3/t20-,22+/m1/s1. The Hall–Kier alpha value is -3.43. The molecule has 2 aromatic carbocycles. The molecule has 0 saturated carbocycles. The van der Waals surface area contributed by atoms with E-state index in [4.69, 9.17) is 14.3 Å². The van der Waals surface area contributed by atoms with Gasteiger partial charge < -0.3 is 14.2 Å². The van der Waals surface area contributed by atoms with Crippen LogP contribution in [0.2, 0.25) is 0 Å². The van der Waals surface area contributed by atoms with E-state index in [0.717, 1.165) is 5.56 Å². The van der Waals surface area contributed by atoms with Gasteiger partial charge in [-0.3, -0.25) is 9.74 Å². The van der Waals surface area contributed by atoms with Crippen LogP contribution in [-0.2, 0) is 25.7 Å². The highest BCUT2D eigenvalue weighted by Gasteiger charge is 2.39. The highest BCUT2D eigenvalue weighted by Crippen LogP contribution is 2.23. The fourth-order valence-corrected chi connectivity index (χ4v) is 3.61. The summed E-state index contributed by atoms with van der Waals surface area (Å²) in [5.74, 6) is -0.803. The second-order valence-electron chi connectivity index (χ2n) is 9.25. The number of hydrogen-bond acceptors (Lipinski definition) is 8. The van der Waals surface area contributed by atoms with Gasteiger partial charge in [0.05, 0.1) is 25.3 Å². The first-order valence-electron chi connectivity index (χ1n) is 11.5. The zero-order valence-electron chi connectivity index (χ0n) is 20.5. The Morgan fingerprint density at radius 2 is 1.69 bits per heavy atom. The van der Waals surface area contributed by atoms with Gasteiger partial charge in [-0.15, -0.1) is 0 Å². The van der Waals surface area contributed by atoms with Crippen LogP contribution in [0.5, 0.6) is 5.75 Å². The number of hydroxylamine groups is 1. The SMILES string of the molecule is COC(=O)c1ccc(OC(=O)[C@@H]2CC[C@@H](NOCc3ccccc3)CN2C(=O)OC(C)(C)C)cc1. The molecule has 188 valence electrons. The predicted octanol–water partition coefficient (Wildman–Crippen LogP) is 3.87. The summed E-state index contributed by atoms with van der Waals surface area (Å²) in [6.45, 7) is 5.89. The van der Waals surface area contributed by atoms with Crippen LogP contribution in [0.4, 0.5) is 4.79 Å². The maximum absolute atomic E-state index is 13.0. The minimum Gasteiger partial charge on any atom is -0.465 e. The smallest absolute Gasteiger partial charge is 0.411 e. The van der Waals surface area contributed by atoms with E-state index in [1.54, 1.807) is 20.8 Å². The molecule has 1 N–H and O–H groups in total. The van der Waals surface area contributed by atoms with Gasteiger partial charge in [-0.2, -0.15) is 5.48 Å². The zero-order chi connectivity index (χ0) is 25.4. The van der Waals surface area contributed by atoms with Gasteiger partial charge in [0.25, 0.3) is 0 Å². The third-order valence-electron chi connectivity index (χ3n) is 5.31. The van der Waals surface area contributed by atoms with Crippen molar-refractivity contribution in [2.45, 2.75) is 57.9 Å². The predicted molar refractivity (Wildman–Crippen MR) is 128 cm³/mol. The number of nitrogens with zero attached hydrogens (tertiary/aromatic N) is 1. The Morgan fingerprint density at radius 1 is 1.00 bits per heavy atom. The van der Waals surface area contributed by atoms with Crippen LogP contribution in [-0.4, -0.2) is 54.3 Å². The summed E-state index contributed by atoms with van der Waals surface area (Å²) in [6.07, 6.45) is 0.356. The van der Waals surface area contributed by atoms with Gasteiger partial charge in [-0.25, -0.2) is 14.4 Å². The quantitative estimate of drug-likeness (QED) is 0.359. The minimum absolute atomic E-state index is 0.186. The summed E-state index contributed by atoms with van der Waals surface area (Å²) in [5.41, 5.74) is 3.63. The highest BCUT2D eigenvalue weighted by atomic mass is 16.6. The number of esters is 2. The minimum atomic E-state index is -0.822. The molecule has 9 heteroatoms. The topological polar surface area (TPSA) is 103 Å². The number of piperidine rings is 1. The fraction of sp³-hybridized carbons (Fsp3) is 0.423. The number of carbonyl (C=O) groups excluding carboxylic acids is 3. The van der Waals surface area contributed by atoms with Crippen LogP contribution in [0, 0.1) is 0 Å². The van der Waals surface area contributed by atoms with Gasteiger partial charge in [-0.05, 0) is 63.4 Å². The fourth-order valence-electron chi connectivity index (χ4n) is 3.61. The first kappa shape index (κ1) is 26.2. The molecule has 9 nitrogen and oxygen atoms in total. The van der Waals surface area contributed by atoms with Crippen molar-refractivity contribution in [2.24, 2.45) is 0 Å². The Kier molecular flexibility index (Phi) is 8.84. The van der Waals surface area contributed by atoms with Gasteiger partial charge >= 0.3 is 18.0 Å². The third-order valence-corrected chi connectivity index (χ3v) is 5.31. The Balaban J connectivity index is 1.65. The van der Waals surface area contributed by atoms with Crippen molar-refractivity contribution in [1.29, 1.82) is 0 Å². The number of nitrogens with one attached hydrogen (secondary N) is 1. The molecule has 1 heterocycles. The normalized spacial score (nSPS) is 18.0. The van der Waals surface area contributed by atoms with Crippen molar-refractivity contribution in [1.82, 2.24) is 10.4 Å². The molecular formula is C26H32N2O7. The lowest BCUT2D eigenvalue weighted by Crippen LogP contribution is -2.57. The van der Waals surface area contributed by atoms with Crippen LogP contribution >= 0.6 is 0 Å². The maximum Gasteiger partial charge on any atom is 0.411 e. The lowest BCUT2D eigenvalue weighted by Gasteiger charge is -2.38. The van der Waals surface area contributed by atoms with Gasteiger partial charge in [0.15, 0.2) is 0 Å². The monoisotopic (exact) mass is 484 g/mol. The number of amides is 1. The van der Waals surface area contributed by atoms with E-state index in [2.05, 4.69) is 10.2 Å². The van der Waals surface area contributed by atoms with Crippen LogP contribution in [0.1, 0.15) is 49.5 Å². The molecule has 1 fully saturated rings. The van der Waals surface area contributed by atoms with E-state index in [-0.39, 0.29) is 18.3 Å². The molecule has 1 amide bonds. The van der Waals surface area contributed by atoms with Crippen molar-refractivity contribution in [3.05, 3.63) is 65.7 Å². The average Bonchev–Trinajstić information content (AvgIpc) is 2.83. The molecule has 1 saturated heterocycles. The molecule has 1 aliphatic heterocycles.